The molecule has 90 valence electrons. The summed E-state index contributed by atoms with van der Waals surface area (Å²) in [6.45, 7) is 5.43. The van der Waals surface area contributed by atoms with Crippen LogP contribution < -0.4 is 0 Å². The molecule has 1 aliphatic carbocycles. The second-order valence-corrected chi connectivity index (χ2v) is 5.50. The van der Waals surface area contributed by atoms with Crippen LogP contribution in [0.2, 0.25) is 0 Å². The molecule has 0 aromatic heterocycles. The van der Waals surface area contributed by atoms with Crippen molar-refractivity contribution in [1.82, 2.24) is 0 Å². The van der Waals surface area contributed by atoms with Crippen LogP contribution in [0.1, 0.15) is 46.5 Å². The number of rotatable bonds is 1. The number of hydrogen-bond donors (Lipinski definition) is 1. The van der Waals surface area contributed by atoms with Gasteiger partial charge in [0.25, 0.3) is 0 Å². The van der Waals surface area contributed by atoms with Crippen molar-refractivity contribution >= 4 is 5.97 Å². The highest BCUT2D eigenvalue weighted by Gasteiger charge is 2.36. The molecule has 1 aliphatic rings. The Hall–Kier alpha value is -1.08. The van der Waals surface area contributed by atoms with Gasteiger partial charge in [-0.05, 0) is 46.5 Å². The van der Waals surface area contributed by atoms with Gasteiger partial charge in [-0.3, -0.25) is 4.79 Å². The van der Waals surface area contributed by atoms with Gasteiger partial charge in [-0.15, -0.1) is 0 Å². The van der Waals surface area contributed by atoms with Gasteiger partial charge in [-0.2, -0.15) is 5.26 Å². The standard InChI is InChI=1S/C12H19NO3/c1-11(2,3)10(14)16-9-4-6-12(15,8-13)7-5-9/h9,15H,4-7H2,1-3H3. The quantitative estimate of drug-likeness (QED) is 0.545. The van der Waals surface area contributed by atoms with E-state index in [-0.39, 0.29) is 12.1 Å². The van der Waals surface area contributed by atoms with E-state index in [1.807, 2.05) is 26.8 Å². The molecule has 0 radical (unpaired) electrons. The molecule has 0 amide bonds. The van der Waals surface area contributed by atoms with Crippen molar-refractivity contribution in [2.75, 3.05) is 0 Å². The van der Waals surface area contributed by atoms with Gasteiger partial charge in [0.05, 0.1) is 11.5 Å². The lowest BCUT2D eigenvalue weighted by molar-refractivity contribution is -0.161. The van der Waals surface area contributed by atoms with Crippen molar-refractivity contribution in [1.29, 1.82) is 5.26 Å². The second-order valence-electron chi connectivity index (χ2n) is 5.50. The summed E-state index contributed by atoms with van der Waals surface area (Å²) in [6.07, 6.45) is 1.73. The number of nitriles is 1. The Kier molecular flexibility index (Phi) is 3.59. The van der Waals surface area contributed by atoms with E-state index in [0.717, 1.165) is 0 Å². The topological polar surface area (TPSA) is 70.3 Å². The van der Waals surface area contributed by atoms with Crippen LogP contribution in [0.15, 0.2) is 0 Å². The van der Waals surface area contributed by atoms with Crippen molar-refractivity contribution in [2.24, 2.45) is 5.41 Å². The van der Waals surface area contributed by atoms with Crippen LogP contribution in [0.3, 0.4) is 0 Å². The number of ether oxygens (including phenoxy) is 1. The molecule has 0 bridgehead atoms. The third kappa shape index (κ3) is 3.21. The van der Waals surface area contributed by atoms with E-state index in [1.165, 1.54) is 0 Å². The molecule has 4 nitrogen and oxygen atoms in total. The zero-order valence-electron chi connectivity index (χ0n) is 10.1. The van der Waals surface area contributed by atoms with Crippen LogP contribution in [-0.4, -0.2) is 22.8 Å². The molecule has 0 aromatic rings. The van der Waals surface area contributed by atoms with Gasteiger partial charge in [0, 0.05) is 0 Å². The molecule has 1 saturated carbocycles. The summed E-state index contributed by atoms with van der Waals surface area (Å²) >= 11 is 0. The number of esters is 1. The summed E-state index contributed by atoms with van der Waals surface area (Å²) in [5, 5.41) is 18.4. The Bertz CT molecular complexity index is 303. The highest BCUT2D eigenvalue weighted by Crippen LogP contribution is 2.30. The molecular formula is C12H19NO3. The van der Waals surface area contributed by atoms with E-state index in [4.69, 9.17) is 10.00 Å². The molecule has 0 saturated heterocycles. The summed E-state index contributed by atoms with van der Waals surface area (Å²) in [5.41, 5.74) is -1.71. The molecule has 0 heterocycles. The number of nitrogens with zero attached hydrogens (tertiary/aromatic N) is 1. The Morgan fingerprint density at radius 3 is 2.31 bits per heavy atom. The van der Waals surface area contributed by atoms with E-state index in [1.54, 1.807) is 0 Å². The predicted molar refractivity (Wildman–Crippen MR) is 58.4 cm³/mol. The fourth-order valence-electron chi connectivity index (χ4n) is 1.63. The first-order valence-electron chi connectivity index (χ1n) is 5.61. The SMILES string of the molecule is CC(C)(C)C(=O)OC1CCC(O)(C#N)CC1. The molecule has 16 heavy (non-hydrogen) atoms. The molecule has 1 fully saturated rings. The summed E-state index contributed by atoms with van der Waals surface area (Å²) in [7, 11) is 0. The van der Waals surface area contributed by atoms with Crippen molar-refractivity contribution in [2.45, 2.75) is 58.2 Å². The van der Waals surface area contributed by atoms with Crippen LogP contribution in [0.4, 0.5) is 0 Å². The average molecular weight is 225 g/mol. The maximum absolute atomic E-state index is 11.6. The fraction of sp³-hybridized carbons (Fsp3) is 0.833. The van der Waals surface area contributed by atoms with Crippen molar-refractivity contribution in [3.8, 4) is 6.07 Å². The zero-order chi connectivity index (χ0) is 12.4. The van der Waals surface area contributed by atoms with Gasteiger partial charge in [-0.1, -0.05) is 0 Å². The highest BCUT2D eigenvalue weighted by atomic mass is 16.5. The van der Waals surface area contributed by atoms with Crippen LogP contribution in [0.5, 0.6) is 0 Å². The number of aliphatic hydroxyl groups is 1. The van der Waals surface area contributed by atoms with Gasteiger partial charge in [-0.25, -0.2) is 0 Å². The van der Waals surface area contributed by atoms with Crippen LogP contribution >= 0.6 is 0 Å². The second kappa shape index (κ2) is 4.42. The molecule has 0 unspecified atom stereocenters. The fourth-order valence-corrected chi connectivity index (χ4v) is 1.63. The summed E-state index contributed by atoms with van der Waals surface area (Å²) in [4.78, 5) is 11.6. The summed E-state index contributed by atoms with van der Waals surface area (Å²) in [5.74, 6) is -0.222. The molecule has 0 aromatic carbocycles. The van der Waals surface area contributed by atoms with Crippen molar-refractivity contribution in [3.05, 3.63) is 0 Å². The van der Waals surface area contributed by atoms with Gasteiger partial charge in [0.15, 0.2) is 5.60 Å². The third-order valence-electron chi connectivity index (χ3n) is 2.85. The summed E-state index contributed by atoms with van der Waals surface area (Å²) in [6, 6.07) is 1.90. The largest absolute Gasteiger partial charge is 0.462 e. The lowest BCUT2D eigenvalue weighted by Crippen LogP contribution is -2.37. The first-order valence-corrected chi connectivity index (χ1v) is 5.61. The van der Waals surface area contributed by atoms with E-state index >= 15 is 0 Å². The van der Waals surface area contributed by atoms with E-state index in [0.29, 0.717) is 25.7 Å². The van der Waals surface area contributed by atoms with Gasteiger partial charge in [0.1, 0.15) is 6.10 Å². The van der Waals surface area contributed by atoms with E-state index in [9.17, 15) is 9.90 Å². The Morgan fingerprint density at radius 1 is 1.44 bits per heavy atom. The first kappa shape index (κ1) is 13.0. The monoisotopic (exact) mass is 225 g/mol. The minimum Gasteiger partial charge on any atom is -0.462 e. The number of hydrogen-bond acceptors (Lipinski definition) is 4. The molecule has 0 atom stereocenters. The third-order valence-corrected chi connectivity index (χ3v) is 2.85. The first-order chi connectivity index (χ1) is 7.27. The minimum absolute atomic E-state index is 0.152. The zero-order valence-corrected chi connectivity index (χ0v) is 10.1. The Labute approximate surface area is 96.2 Å². The highest BCUT2D eigenvalue weighted by molar-refractivity contribution is 5.75. The van der Waals surface area contributed by atoms with Crippen molar-refractivity contribution in [3.63, 3.8) is 0 Å². The molecular weight excluding hydrogens is 206 g/mol. The average Bonchev–Trinajstić information content (AvgIpc) is 2.20. The maximum atomic E-state index is 11.6. The Morgan fingerprint density at radius 2 is 1.94 bits per heavy atom. The lowest BCUT2D eigenvalue weighted by Gasteiger charge is -2.31. The van der Waals surface area contributed by atoms with E-state index in [2.05, 4.69) is 0 Å². The predicted octanol–water partition coefficient (Wildman–Crippen LogP) is 1.77. The normalized spacial score (nSPS) is 30.6. The molecule has 0 aliphatic heterocycles. The molecule has 0 spiro atoms. The van der Waals surface area contributed by atoms with Gasteiger partial charge < -0.3 is 9.84 Å². The van der Waals surface area contributed by atoms with Gasteiger partial charge >= 0.3 is 5.97 Å². The minimum atomic E-state index is -1.22. The lowest BCUT2D eigenvalue weighted by atomic mass is 9.84. The molecule has 1 rings (SSSR count). The smallest absolute Gasteiger partial charge is 0.311 e. The maximum Gasteiger partial charge on any atom is 0.311 e. The van der Waals surface area contributed by atoms with E-state index < -0.39 is 11.0 Å². The number of carbonyl (C=O) groups is 1. The van der Waals surface area contributed by atoms with Crippen LogP contribution in [0.25, 0.3) is 0 Å². The summed E-state index contributed by atoms with van der Waals surface area (Å²) < 4.78 is 5.33. The number of carbonyl (C=O) groups excluding carboxylic acids is 1. The van der Waals surface area contributed by atoms with Gasteiger partial charge in [0.2, 0.25) is 0 Å². The molecule has 1 N–H and O–H groups in total. The van der Waals surface area contributed by atoms with Crippen molar-refractivity contribution < 1.29 is 14.6 Å². The molecule has 4 heteroatoms. The van der Waals surface area contributed by atoms with Crippen LogP contribution in [-0.2, 0) is 9.53 Å². The Balaban J connectivity index is 2.45. The van der Waals surface area contributed by atoms with Crippen LogP contribution in [0, 0.1) is 16.7 Å².